The zero-order valence-corrected chi connectivity index (χ0v) is 77.7. The van der Waals surface area contributed by atoms with Crippen LogP contribution in [0.3, 0.4) is 0 Å². The van der Waals surface area contributed by atoms with Gasteiger partial charge in [0.1, 0.15) is 84.6 Å². The number of hydrogen-bond acceptors (Lipinski definition) is 26. The van der Waals surface area contributed by atoms with Gasteiger partial charge in [-0.15, -0.1) is 0 Å². The molecular weight excluding hydrogens is 1760 g/mol. The molecule has 1 rings (SSSR count). The van der Waals surface area contributed by atoms with Gasteiger partial charge in [0.2, 0.25) is 94.5 Å². The fraction of sp³-hybridized carbons (Fsp3) is 0.663. The molecule has 0 saturated carbocycles. The molecule has 15 atom stereocenters. The first-order valence-corrected chi connectivity index (χ1v) is 45.4. The minimum absolute atomic E-state index is 0.0723. The molecule has 748 valence electrons. The Morgan fingerprint density at radius 1 is 0.338 bits per heavy atom. The minimum Gasteiger partial charge on any atom is -0.481 e. The van der Waals surface area contributed by atoms with Crippen molar-refractivity contribution >= 4 is 142 Å². The third kappa shape index (κ3) is 49.5. The quantitative estimate of drug-likeness (QED) is 0.0164. The van der Waals surface area contributed by atoms with Crippen molar-refractivity contribution in [2.75, 3.05) is 38.2 Å². The molecule has 0 aromatic heterocycles. The van der Waals surface area contributed by atoms with Gasteiger partial charge in [0.15, 0.2) is 11.9 Å². The SMILES string of the molecule is CSCC[C@H](NC(=O)[C@H](CC(N)=O)NC(=O)[C@H](CC(C)C)NC(=O)[C@H](CCC(=O)O)NC(=O)[C@H](CC(C)C)NC(=O)[C@H](Cc1ccccc1)NC(=O)[C@H](CCC(N)=O)NC(=O)[C@@H](NC(=O)[C@@H](N)CCCCN)C(C)C)C(=O)N[C@@H](CCCNC(=N)N)C(=O)N[C@@H](CCCNC(=N)N)C(=O)N[C@@H](CC(=O)O)C(=O)N[C@H](C(=O)N[C@@H](CCCCN)C(=O)N[C@@H](CCC(=O)O)C(=O)O)C(C)C. The number of benzene rings is 1. The highest BCUT2D eigenvalue weighted by Gasteiger charge is 2.41. The molecular formula is C83H141N25O24S. The average molecular weight is 1910 g/mol. The number of nitrogens with two attached hydrogens (primary N) is 7. The number of thioether (sulfide) groups is 1. The summed E-state index contributed by atoms with van der Waals surface area (Å²) < 4.78 is 0. The van der Waals surface area contributed by atoms with Crippen LogP contribution in [0.25, 0.3) is 0 Å². The maximum atomic E-state index is 14.8. The van der Waals surface area contributed by atoms with E-state index in [-0.39, 0.29) is 96.0 Å². The van der Waals surface area contributed by atoms with Crippen molar-refractivity contribution in [1.29, 1.82) is 10.8 Å². The summed E-state index contributed by atoms with van der Waals surface area (Å²) in [7, 11) is 0. The van der Waals surface area contributed by atoms with Crippen LogP contribution in [0.4, 0.5) is 0 Å². The monoisotopic (exact) mass is 1900 g/mol. The lowest BCUT2D eigenvalue weighted by Crippen LogP contribution is -2.61. The largest absolute Gasteiger partial charge is 0.481 e. The number of guanidine groups is 2. The van der Waals surface area contributed by atoms with E-state index in [1.54, 1.807) is 78.1 Å². The highest BCUT2D eigenvalue weighted by molar-refractivity contribution is 7.98. The first-order valence-electron chi connectivity index (χ1n) is 44.0. The predicted molar refractivity (Wildman–Crippen MR) is 487 cm³/mol. The maximum Gasteiger partial charge on any atom is 0.326 e. The highest BCUT2D eigenvalue weighted by Crippen LogP contribution is 2.17. The van der Waals surface area contributed by atoms with Crippen LogP contribution in [-0.4, -0.2) is 280 Å². The summed E-state index contributed by atoms with van der Waals surface area (Å²) in [6, 6.07) is -16.2. The van der Waals surface area contributed by atoms with E-state index in [0.29, 0.717) is 31.4 Å². The molecule has 0 fully saturated rings. The number of amides is 16. The third-order valence-corrected chi connectivity index (χ3v) is 21.0. The Bertz CT molecular complexity index is 4070. The maximum absolute atomic E-state index is 14.8. The Morgan fingerprint density at radius 3 is 1.02 bits per heavy atom. The van der Waals surface area contributed by atoms with Gasteiger partial charge >= 0.3 is 23.9 Å². The molecule has 0 bridgehead atoms. The number of carboxylic acids is 4. The predicted octanol–water partition coefficient (Wildman–Crippen LogP) is -6.28. The van der Waals surface area contributed by atoms with Crippen LogP contribution < -0.4 is 125 Å². The first kappa shape index (κ1) is 118. The van der Waals surface area contributed by atoms with Crippen LogP contribution >= 0.6 is 11.8 Å². The number of carbonyl (C=O) groups is 20. The summed E-state index contributed by atoms with van der Waals surface area (Å²) in [4.78, 5) is 274. The molecule has 133 heavy (non-hydrogen) atoms. The van der Waals surface area contributed by atoms with E-state index in [9.17, 15) is 116 Å². The second kappa shape index (κ2) is 63.5. The minimum atomic E-state index is -2.05. The fourth-order valence-corrected chi connectivity index (χ4v) is 13.7. The van der Waals surface area contributed by atoms with Crippen LogP contribution in [0.2, 0.25) is 0 Å². The molecule has 0 spiro atoms. The lowest BCUT2D eigenvalue weighted by Gasteiger charge is -2.29. The normalized spacial score (nSPS) is 14.5. The van der Waals surface area contributed by atoms with Crippen LogP contribution in [0.5, 0.6) is 0 Å². The standard InChI is InChI=1S/C83H141N25O24S/c1-42(2)37-55(103-76(126)57(39-46-19-11-10-12-20-46)104-71(121)51(25-28-60(87)109)100-79(129)65(44(5)6)107-67(117)47(86)21-13-15-32-84)74(124)97-52(26-29-62(111)112)72(122)102-56(38-43(3)4)75(125)105-58(40-61(88)110)77(127)98-53(31-36-133-9)73(123)96-49(23-17-34-93-82(89)90)68(118)95-50(24-18-35-94-83(91)92)70(120)106-59(41-64(115)116)78(128)108-66(45(7)8)80(130)99-48(22-14-16-33-85)69(119)101-54(81(131)132)27-30-63(113)114/h10-12,19-20,42-45,47-59,65-66H,13-18,21-41,84-86H2,1-9H3,(H2,87,109)(H2,88,110)(H,95,118)(H,96,123)(H,97,124)(H,98,127)(H,99,130)(H,100,129)(H,101,119)(H,102,122)(H,103,126)(H,104,121)(H,105,125)(H,106,120)(H,107,117)(H,108,128)(H,111,112)(H,113,114)(H,115,116)(H,131,132)(H4,89,90,93)(H4,91,92,94)/t47-,48-,49-,50-,51-,52-,53-,54-,55-,56-,57-,58-,59-,65-,66-/m0/s1. The molecule has 49 nitrogen and oxygen atoms in total. The van der Waals surface area contributed by atoms with Crippen molar-refractivity contribution in [3.63, 3.8) is 0 Å². The molecule has 0 heterocycles. The van der Waals surface area contributed by atoms with E-state index in [4.69, 9.17) is 51.0 Å². The number of rotatable bonds is 69. The average Bonchev–Trinajstić information content (AvgIpc) is 0.848. The molecule has 0 radical (unpaired) electrons. The number of aliphatic carboxylic acids is 4. The van der Waals surface area contributed by atoms with Gasteiger partial charge in [-0.25, -0.2) is 4.79 Å². The molecule has 36 N–H and O–H groups in total. The van der Waals surface area contributed by atoms with Crippen molar-refractivity contribution in [3.8, 4) is 0 Å². The summed E-state index contributed by atoms with van der Waals surface area (Å²) in [5.41, 5.74) is 40.0. The molecule has 0 aliphatic heterocycles. The van der Waals surface area contributed by atoms with Gasteiger partial charge in [0.25, 0.3) is 0 Å². The van der Waals surface area contributed by atoms with Crippen LogP contribution in [0.15, 0.2) is 30.3 Å². The zero-order valence-electron chi connectivity index (χ0n) is 76.9. The van der Waals surface area contributed by atoms with E-state index in [1.807, 2.05) is 0 Å². The van der Waals surface area contributed by atoms with Gasteiger partial charge in [-0.05, 0) is 151 Å². The summed E-state index contributed by atoms with van der Waals surface area (Å²) >= 11 is 1.18. The number of nitrogens with one attached hydrogen (secondary N) is 18. The smallest absolute Gasteiger partial charge is 0.326 e. The lowest BCUT2D eigenvalue weighted by molar-refractivity contribution is -0.144. The van der Waals surface area contributed by atoms with Crippen LogP contribution in [-0.2, 0) is 102 Å². The second-order valence-electron chi connectivity index (χ2n) is 33.5. The molecule has 1 aromatic carbocycles. The van der Waals surface area contributed by atoms with E-state index in [2.05, 4.69) is 85.1 Å². The summed E-state index contributed by atoms with van der Waals surface area (Å²) in [6.07, 6.45) is -3.98. The van der Waals surface area contributed by atoms with E-state index < -0.39 is 296 Å². The summed E-state index contributed by atoms with van der Waals surface area (Å²) in [5, 5.41) is 94.0. The number of carbonyl (C=O) groups excluding carboxylic acids is 16. The lowest BCUT2D eigenvalue weighted by atomic mass is 9.99. The van der Waals surface area contributed by atoms with Gasteiger partial charge < -0.3 is 146 Å². The molecule has 1 aromatic rings. The second-order valence-corrected chi connectivity index (χ2v) is 34.5. The van der Waals surface area contributed by atoms with Gasteiger partial charge in [-0.3, -0.25) is 102 Å². The van der Waals surface area contributed by atoms with Crippen molar-refractivity contribution in [2.45, 2.75) is 287 Å². The summed E-state index contributed by atoms with van der Waals surface area (Å²) in [5.74, 6) is -26.3. The topological polar surface area (TPSA) is 845 Å². The molecule has 50 heteroatoms. The number of hydrogen-bond donors (Lipinski definition) is 29. The van der Waals surface area contributed by atoms with Gasteiger partial charge in [0.05, 0.1) is 18.9 Å². The Hall–Kier alpha value is -12.6. The van der Waals surface area contributed by atoms with E-state index in [0.717, 1.165) is 0 Å². The molecule has 0 aliphatic rings. The molecule has 16 amide bonds. The summed E-state index contributed by atoms with van der Waals surface area (Å²) in [6.45, 7) is 13.0. The first-order chi connectivity index (χ1) is 62.4. The van der Waals surface area contributed by atoms with Gasteiger partial charge in [-0.2, -0.15) is 11.8 Å². The number of carboxylic acid groups (broad SMARTS) is 4. The number of unbranched alkanes of at least 4 members (excludes halogenated alkanes) is 2. The van der Waals surface area contributed by atoms with Crippen molar-refractivity contribution < 1.29 is 116 Å². The van der Waals surface area contributed by atoms with Gasteiger partial charge in [0, 0.05) is 38.8 Å². The third-order valence-electron chi connectivity index (χ3n) is 20.4. The van der Waals surface area contributed by atoms with E-state index >= 15 is 0 Å². The molecule has 0 unspecified atom stereocenters. The molecule has 0 aliphatic carbocycles. The Balaban J connectivity index is 3.91. The van der Waals surface area contributed by atoms with Crippen LogP contribution in [0.1, 0.15) is 196 Å². The zero-order chi connectivity index (χ0) is 101. The molecule has 0 saturated heterocycles. The Morgan fingerprint density at radius 2 is 0.654 bits per heavy atom. The van der Waals surface area contributed by atoms with Crippen LogP contribution in [0, 0.1) is 34.5 Å². The highest BCUT2D eigenvalue weighted by atomic mass is 32.2. The fourth-order valence-electron chi connectivity index (χ4n) is 13.2. The van der Waals surface area contributed by atoms with Crippen molar-refractivity contribution in [3.05, 3.63) is 35.9 Å². The van der Waals surface area contributed by atoms with E-state index in [1.165, 1.54) is 25.6 Å². The number of primary amides is 2. The Kier molecular flexibility index (Phi) is 56.5. The van der Waals surface area contributed by atoms with Crippen molar-refractivity contribution in [1.82, 2.24) is 85.1 Å². The van der Waals surface area contributed by atoms with Crippen molar-refractivity contribution in [2.24, 2.45) is 63.8 Å². The van der Waals surface area contributed by atoms with Gasteiger partial charge in [-0.1, -0.05) is 92.1 Å². The Labute approximate surface area is 776 Å².